The highest BCUT2D eigenvalue weighted by molar-refractivity contribution is 6.74. The van der Waals surface area contributed by atoms with Gasteiger partial charge in [0.25, 0.3) is 0 Å². The number of nitrogens with one attached hydrogen (secondary N) is 1. The van der Waals surface area contributed by atoms with E-state index in [4.69, 9.17) is 9.16 Å². The molecule has 150 valence electrons. The monoisotopic (exact) mass is 390 g/mol. The van der Waals surface area contributed by atoms with Gasteiger partial charge < -0.3 is 9.16 Å². The van der Waals surface area contributed by atoms with E-state index in [0.29, 0.717) is 6.42 Å². The van der Waals surface area contributed by atoms with Crippen LogP contribution in [0.2, 0.25) is 18.1 Å². The van der Waals surface area contributed by atoms with Gasteiger partial charge in [0.05, 0.1) is 12.5 Å². The molecule has 27 heavy (non-hydrogen) atoms. The number of hydrogen-bond acceptors (Lipinski definition) is 4. The fourth-order valence-corrected chi connectivity index (χ4v) is 3.91. The number of carbonyl (C=O) groups excluding carboxylic acids is 1. The molecule has 1 aromatic carbocycles. The van der Waals surface area contributed by atoms with Crippen molar-refractivity contribution in [2.24, 2.45) is 0 Å². The molecule has 5 nitrogen and oxygen atoms in total. The quantitative estimate of drug-likeness (QED) is 0.522. The Balaban J connectivity index is 3.28. The smallest absolute Gasteiger partial charge is 0.409 e. The number of hydrogen-bond donors (Lipinski definition) is 1. The number of amides is 1. The minimum atomic E-state index is -2.28. The van der Waals surface area contributed by atoms with E-state index in [9.17, 15) is 10.1 Å². The van der Waals surface area contributed by atoms with E-state index in [1.807, 2.05) is 51.1 Å². The Morgan fingerprint density at radius 2 is 1.67 bits per heavy atom. The van der Waals surface area contributed by atoms with Crippen LogP contribution in [0.3, 0.4) is 0 Å². The number of alkyl carbamates (subject to hydrolysis) is 1. The van der Waals surface area contributed by atoms with Crippen LogP contribution in [0.15, 0.2) is 30.3 Å². The Labute approximate surface area is 165 Å². The molecule has 0 aliphatic rings. The fourth-order valence-electron chi connectivity index (χ4n) is 2.43. The van der Waals surface area contributed by atoms with Crippen molar-refractivity contribution in [3.63, 3.8) is 0 Å². The molecule has 0 fully saturated rings. The largest absolute Gasteiger partial charge is 0.444 e. The maximum absolute atomic E-state index is 12.6. The number of nitriles is 1. The van der Waals surface area contributed by atoms with Crippen molar-refractivity contribution in [2.45, 2.75) is 83.8 Å². The molecule has 0 radical (unpaired) electrons. The summed E-state index contributed by atoms with van der Waals surface area (Å²) in [6, 6.07) is 11.9. The van der Waals surface area contributed by atoms with Gasteiger partial charge in [-0.25, -0.2) is 4.79 Å². The summed E-state index contributed by atoms with van der Waals surface area (Å²) in [5.41, 5.74) is -0.782. The maximum atomic E-state index is 12.6. The van der Waals surface area contributed by atoms with Gasteiger partial charge in [-0.1, -0.05) is 51.1 Å². The van der Waals surface area contributed by atoms with Crippen LogP contribution in [-0.4, -0.2) is 25.7 Å². The Kier molecular flexibility index (Phi) is 7.26. The molecule has 0 heterocycles. The highest BCUT2D eigenvalue weighted by Gasteiger charge is 2.46. The van der Waals surface area contributed by atoms with E-state index >= 15 is 0 Å². The van der Waals surface area contributed by atoms with Gasteiger partial charge >= 0.3 is 6.09 Å². The van der Waals surface area contributed by atoms with Crippen LogP contribution in [0.4, 0.5) is 4.79 Å². The summed E-state index contributed by atoms with van der Waals surface area (Å²) in [6.45, 7) is 16.0. The van der Waals surface area contributed by atoms with Gasteiger partial charge in [-0.3, -0.25) is 5.32 Å². The lowest BCUT2D eigenvalue weighted by Crippen LogP contribution is -2.60. The number of rotatable bonds is 6. The third-order valence-electron chi connectivity index (χ3n) is 4.68. The molecule has 1 amide bonds. The normalized spacial score (nSPS) is 14.8. The summed E-state index contributed by atoms with van der Waals surface area (Å²) in [5, 5.41) is 12.3. The van der Waals surface area contributed by atoms with Gasteiger partial charge in [-0.15, -0.1) is 0 Å². The van der Waals surface area contributed by atoms with E-state index in [2.05, 4.69) is 45.3 Å². The number of benzene rings is 1. The molecule has 1 rings (SSSR count). The van der Waals surface area contributed by atoms with Gasteiger partial charge in [0.2, 0.25) is 0 Å². The third-order valence-corrected chi connectivity index (χ3v) is 9.20. The van der Waals surface area contributed by atoms with Crippen LogP contribution in [0.1, 0.15) is 53.5 Å². The first-order valence-corrected chi connectivity index (χ1v) is 12.2. The molecule has 0 saturated carbocycles. The van der Waals surface area contributed by atoms with Crippen LogP contribution < -0.4 is 5.32 Å². The second kappa shape index (κ2) is 8.45. The van der Waals surface area contributed by atoms with Gasteiger partial charge in [-0.05, 0) is 44.5 Å². The van der Waals surface area contributed by atoms with Crippen LogP contribution in [0, 0.1) is 11.3 Å². The minimum Gasteiger partial charge on any atom is -0.444 e. The topological polar surface area (TPSA) is 71.3 Å². The second-order valence-corrected chi connectivity index (χ2v) is 14.2. The van der Waals surface area contributed by atoms with Crippen molar-refractivity contribution >= 4 is 14.4 Å². The summed E-state index contributed by atoms with van der Waals surface area (Å²) in [7, 11) is -2.28. The number of ether oxygens (including phenoxy) is 1. The zero-order valence-corrected chi connectivity index (χ0v) is 19.0. The Bertz CT molecular complexity index is 669. The summed E-state index contributed by atoms with van der Waals surface area (Å²) in [4.78, 5) is 12.6. The van der Waals surface area contributed by atoms with Crippen LogP contribution >= 0.6 is 0 Å². The molecule has 0 bridgehead atoms. The molecule has 0 saturated heterocycles. The molecule has 1 atom stereocenters. The van der Waals surface area contributed by atoms with Crippen LogP contribution in [0.5, 0.6) is 0 Å². The van der Waals surface area contributed by atoms with Crippen molar-refractivity contribution < 1.29 is 14.0 Å². The maximum Gasteiger partial charge on any atom is 0.409 e. The third kappa shape index (κ3) is 7.35. The average molecular weight is 391 g/mol. The lowest BCUT2D eigenvalue weighted by Gasteiger charge is -2.45. The lowest BCUT2D eigenvalue weighted by atomic mass is 10.00. The lowest BCUT2D eigenvalue weighted by molar-refractivity contribution is -0.00285. The van der Waals surface area contributed by atoms with Crippen molar-refractivity contribution in [3.8, 4) is 6.07 Å². The van der Waals surface area contributed by atoms with E-state index < -0.39 is 25.7 Å². The van der Waals surface area contributed by atoms with Crippen molar-refractivity contribution in [1.29, 1.82) is 5.26 Å². The SMILES string of the molecule is CC(C)(C)OC(=O)N[C@@](CC#N)(Cc1ccccc1)O[Si](C)(C)C(C)(C)C. The zero-order valence-electron chi connectivity index (χ0n) is 18.0. The molecule has 6 heteroatoms. The molecule has 1 aromatic rings. The molecule has 0 aromatic heterocycles. The van der Waals surface area contributed by atoms with Crippen molar-refractivity contribution in [3.05, 3.63) is 35.9 Å². The van der Waals surface area contributed by atoms with E-state index in [1.54, 1.807) is 0 Å². The molecule has 0 aliphatic carbocycles. The van der Waals surface area contributed by atoms with Gasteiger partial charge in [0.15, 0.2) is 14.0 Å². The first kappa shape index (κ1) is 23.2. The van der Waals surface area contributed by atoms with Gasteiger partial charge in [0.1, 0.15) is 5.60 Å². The highest BCUT2D eigenvalue weighted by atomic mass is 28.4. The molecule has 0 aliphatic heterocycles. The molecule has 1 N–H and O–H groups in total. The van der Waals surface area contributed by atoms with Gasteiger partial charge in [0, 0.05) is 6.42 Å². The summed E-state index contributed by atoms with van der Waals surface area (Å²) in [6.07, 6.45) is -0.145. The van der Waals surface area contributed by atoms with Crippen LogP contribution in [-0.2, 0) is 15.6 Å². The standard InChI is InChI=1S/C21H34N2O3Si/c1-19(2,3)25-18(24)23-21(14-15-22,16-17-12-10-9-11-13-17)26-27(7,8)20(4,5)6/h9-13H,14,16H2,1-8H3,(H,23,24)/t21-/m1/s1. The zero-order chi connectivity index (χ0) is 20.9. The van der Waals surface area contributed by atoms with E-state index in [-0.39, 0.29) is 11.5 Å². The average Bonchev–Trinajstić information content (AvgIpc) is 2.44. The second-order valence-electron chi connectivity index (χ2n) is 9.48. The first-order valence-electron chi connectivity index (χ1n) is 9.32. The predicted octanol–water partition coefficient (Wildman–Crippen LogP) is 5.39. The highest BCUT2D eigenvalue weighted by Crippen LogP contribution is 2.40. The Morgan fingerprint density at radius 1 is 1.11 bits per heavy atom. The van der Waals surface area contributed by atoms with Gasteiger partial charge in [-0.2, -0.15) is 5.26 Å². The Morgan fingerprint density at radius 3 is 2.11 bits per heavy atom. The molecule has 0 spiro atoms. The first-order chi connectivity index (χ1) is 12.2. The minimum absolute atomic E-state index is 0.0354. The molecular weight excluding hydrogens is 356 g/mol. The molecular formula is C21H34N2O3Si. The van der Waals surface area contributed by atoms with Crippen LogP contribution in [0.25, 0.3) is 0 Å². The van der Waals surface area contributed by atoms with Crippen molar-refractivity contribution in [1.82, 2.24) is 5.32 Å². The molecule has 0 unspecified atom stereocenters. The van der Waals surface area contributed by atoms with E-state index in [1.165, 1.54) is 0 Å². The summed E-state index contributed by atoms with van der Waals surface area (Å²) in [5.74, 6) is 0. The summed E-state index contributed by atoms with van der Waals surface area (Å²) < 4.78 is 12.1. The number of nitrogens with zero attached hydrogens (tertiary/aromatic N) is 1. The fraction of sp³-hybridized carbons (Fsp3) is 0.619. The van der Waals surface area contributed by atoms with Crippen molar-refractivity contribution in [2.75, 3.05) is 0 Å². The number of carbonyl (C=O) groups is 1. The Hall–Kier alpha value is -1.84. The predicted molar refractivity (Wildman–Crippen MR) is 111 cm³/mol. The van der Waals surface area contributed by atoms with E-state index in [0.717, 1.165) is 5.56 Å². The summed E-state index contributed by atoms with van der Waals surface area (Å²) >= 11 is 0.